The topological polar surface area (TPSA) is 34.1 Å². The van der Waals surface area contributed by atoms with Crippen molar-refractivity contribution in [3.8, 4) is 11.1 Å². The van der Waals surface area contributed by atoms with Gasteiger partial charge in [0.05, 0.1) is 0 Å². The molecule has 2 heteroatoms. The van der Waals surface area contributed by atoms with Crippen molar-refractivity contribution in [2.45, 2.75) is 12.8 Å². The zero-order valence-corrected chi connectivity index (χ0v) is 9.85. The molecule has 2 aromatic carbocycles. The van der Waals surface area contributed by atoms with Crippen molar-refractivity contribution in [2.75, 3.05) is 0 Å². The third-order valence-corrected chi connectivity index (χ3v) is 2.69. The Bertz CT molecular complexity index is 527. The van der Waals surface area contributed by atoms with Gasteiger partial charge in [0.1, 0.15) is 6.29 Å². The van der Waals surface area contributed by atoms with Gasteiger partial charge >= 0.3 is 0 Å². The Kier molecular flexibility index (Phi) is 3.88. The van der Waals surface area contributed by atoms with E-state index in [2.05, 4.69) is 12.1 Å². The number of hydrogen-bond acceptors (Lipinski definition) is 2. The van der Waals surface area contributed by atoms with Gasteiger partial charge in [-0.25, -0.2) is 0 Å². The van der Waals surface area contributed by atoms with Gasteiger partial charge < -0.3 is 4.79 Å². The minimum atomic E-state index is 0.00149. The zero-order chi connectivity index (χ0) is 12.8. The number of aldehydes is 1. The van der Waals surface area contributed by atoms with Crippen molar-refractivity contribution in [1.29, 1.82) is 0 Å². The van der Waals surface area contributed by atoms with Gasteiger partial charge in [-0.3, -0.25) is 4.79 Å². The van der Waals surface area contributed by atoms with Gasteiger partial charge in [0.25, 0.3) is 0 Å². The van der Waals surface area contributed by atoms with Crippen LogP contribution in [0.2, 0.25) is 0 Å². The molecule has 0 aliphatic heterocycles. The molecule has 0 radical (unpaired) electrons. The van der Waals surface area contributed by atoms with Crippen molar-refractivity contribution in [2.24, 2.45) is 0 Å². The van der Waals surface area contributed by atoms with Crippen molar-refractivity contribution in [3.05, 3.63) is 60.2 Å². The van der Waals surface area contributed by atoms with Crippen LogP contribution < -0.4 is 0 Å². The third-order valence-electron chi connectivity index (χ3n) is 2.69. The highest BCUT2D eigenvalue weighted by atomic mass is 16.1. The quantitative estimate of drug-likeness (QED) is 0.590. The van der Waals surface area contributed by atoms with E-state index in [0.717, 1.165) is 17.4 Å². The van der Waals surface area contributed by atoms with Crippen LogP contribution in [-0.4, -0.2) is 12.1 Å². The maximum absolute atomic E-state index is 11.7. The molecule has 0 saturated heterocycles. The summed E-state index contributed by atoms with van der Waals surface area (Å²) in [6.45, 7) is 0. The number of ketones is 1. The molecular formula is C16H12O2. The van der Waals surface area contributed by atoms with Crippen LogP contribution in [0.3, 0.4) is 0 Å². The number of Topliss-reactive ketones (excluding diaryl/α,β-unsaturated/α-hetero) is 1. The lowest BCUT2D eigenvalue weighted by Crippen LogP contribution is -1.98. The summed E-state index contributed by atoms with van der Waals surface area (Å²) >= 11 is 0. The van der Waals surface area contributed by atoms with Crippen molar-refractivity contribution >= 4 is 12.1 Å². The second kappa shape index (κ2) is 5.79. The SMILES string of the molecule is O=CCCC(=O)c1ccc(-c2cc#ccc2)cc1. The molecule has 0 aromatic heterocycles. The number of benzene rings is 1. The fourth-order valence-corrected chi connectivity index (χ4v) is 1.71. The van der Waals surface area contributed by atoms with Crippen molar-refractivity contribution in [3.63, 3.8) is 0 Å². The fraction of sp³-hybridized carbons (Fsp3) is 0.125. The summed E-state index contributed by atoms with van der Waals surface area (Å²) in [4.78, 5) is 21.9. The van der Waals surface area contributed by atoms with Gasteiger partial charge in [0.2, 0.25) is 0 Å². The molecule has 0 spiro atoms. The maximum Gasteiger partial charge on any atom is 0.163 e. The normalized spacial score (nSPS) is 9.56. The largest absolute Gasteiger partial charge is 0.303 e. The van der Waals surface area contributed by atoms with Crippen LogP contribution in [0, 0.1) is 12.1 Å². The molecule has 2 nitrogen and oxygen atoms in total. The molecule has 88 valence electrons. The summed E-state index contributed by atoms with van der Waals surface area (Å²) in [7, 11) is 0. The summed E-state index contributed by atoms with van der Waals surface area (Å²) < 4.78 is 0. The first-order valence-corrected chi connectivity index (χ1v) is 5.76. The van der Waals surface area contributed by atoms with Crippen LogP contribution in [0.5, 0.6) is 0 Å². The van der Waals surface area contributed by atoms with Crippen LogP contribution in [-0.2, 0) is 4.79 Å². The van der Waals surface area contributed by atoms with Gasteiger partial charge in [0.15, 0.2) is 5.78 Å². The molecule has 2 aromatic rings. The Morgan fingerprint density at radius 3 is 2.44 bits per heavy atom. The van der Waals surface area contributed by atoms with E-state index in [1.807, 2.05) is 24.3 Å². The lowest BCUT2D eigenvalue weighted by molar-refractivity contribution is -0.107. The molecule has 0 bridgehead atoms. The molecule has 0 saturated carbocycles. The van der Waals surface area contributed by atoms with Crippen LogP contribution in [0.25, 0.3) is 11.1 Å². The molecule has 2 rings (SSSR count). The number of carbonyl (C=O) groups is 2. The lowest BCUT2D eigenvalue weighted by atomic mass is 10.0. The average Bonchev–Trinajstić information content (AvgIpc) is 2.46. The average molecular weight is 236 g/mol. The summed E-state index contributed by atoms with van der Waals surface area (Å²) in [6.07, 6.45) is 1.32. The molecule has 0 amide bonds. The summed E-state index contributed by atoms with van der Waals surface area (Å²) in [6, 6.07) is 18.7. The van der Waals surface area contributed by atoms with Gasteiger partial charge in [-0.1, -0.05) is 36.4 Å². The van der Waals surface area contributed by atoms with E-state index in [1.165, 1.54) is 0 Å². The zero-order valence-electron chi connectivity index (χ0n) is 9.85. The van der Waals surface area contributed by atoms with E-state index in [4.69, 9.17) is 0 Å². The standard InChI is InChI=1S/C16H12O2/c17-12-4-7-16(18)15-10-8-14(9-11-15)13-5-2-1-3-6-13/h2,5-6,8-12H,4,7H2. The van der Waals surface area contributed by atoms with Crippen LogP contribution in [0.15, 0.2) is 42.5 Å². The minimum absolute atomic E-state index is 0.00149. The highest BCUT2D eigenvalue weighted by Gasteiger charge is 2.05. The molecule has 18 heavy (non-hydrogen) atoms. The second-order valence-electron chi connectivity index (χ2n) is 3.93. The van der Waals surface area contributed by atoms with Crippen LogP contribution >= 0.6 is 0 Å². The van der Waals surface area contributed by atoms with Crippen molar-refractivity contribution in [1.82, 2.24) is 0 Å². The molecule has 0 atom stereocenters. The molecule has 0 fully saturated rings. The smallest absolute Gasteiger partial charge is 0.163 e. The molecule has 0 aliphatic rings. The lowest BCUT2D eigenvalue weighted by Gasteiger charge is -2.02. The molecule has 0 unspecified atom stereocenters. The first-order chi connectivity index (χ1) is 8.81. The summed E-state index contributed by atoms with van der Waals surface area (Å²) in [5.41, 5.74) is 2.72. The van der Waals surface area contributed by atoms with E-state index >= 15 is 0 Å². The Morgan fingerprint density at radius 2 is 1.83 bits per heavy atom. The Hall–Kier alpha value is -2.40. The summed E-state index contributed by atoms with van der Waals surface area (Å²) in [5, 5.41) is 0. The van der Waals surface area contributed by atoms with Crippen LogP contribution in [0.4, 0.5) is 0 Å². The monoisotopic (exact) mass is 236 g/mol. The number of hydrogen-bond donors (Lipinski definition) is 0. The first kappa shape index (κ1) is 12.1. The van der Waals surface area contributed by atoms with E-state index < -0.39 is 0 Å². The predicted octanol–water partition coefficient (Wildman–Crippen LogP) is 3.12. The van der Waals surface area contributed by atoms with E-state index in [0.29, 0.717) is 5.56 Å². The van der Waals surface area contributed by atoms with Gasteiger partial charge in [0, 0.05) is 18.4 Å². The van der Waals surface area contributed by atoms with Gasteiger partial charge in [-0.15, -0.1) is 0 Å². The van der Waals surface area contributed by atoms with E-state index in [9.17, 15) is 9.59 Å². The fourth-order valence-electron chi connectivity index (χ4n) is 1.71. The van der Waals surface area contributed by atoms with E-state index in [-0.39, 0.29) is 18.6 Å². The highest BCUT2D eigenvalue weighted by molar-refractivity contribution is 5.97. The van der Waals surface area contributed by atoms with E-state index in [1.54, 1.807) is 18.2 Å². The number of carbonyl (C=O) groups excluding carboxylic acids is 2. The summed E-state index contributed by atoms with van der Waals surface area (Å²) in [5.74, 6) is 0.00149. The maximum atomic E-state index is 11.7. The minimum Gasteiger partial charge on any atom is -0.303 e. The molecule has 0 N–H and O–H groups in total. The highest BCUT2D eigenvalue weighted by Crippen LogP contribution is 2.18. The molecule has 0 aliphatic carbocycles. The second-order valence-corrected chi connectivity index (χ2v) is 3.93. The molecule has 0 heterocycles. The Balaban J connectivity index is 2.15. The van der Waals surface area contributed by atoms with Crippen molar-refractivity contribution < 1.29 is 9.59 Å². The predicted molar refractivity (Wildman–Crippen MR) is 69.2 cm³/mol. The van der Waals surface area contributed by atoms with Gasteiger partial charge in [-0.05, 0) is 29.3 Å². The number of rotatable bonds is 5. The Labute approximate surface area is 106 Å². The van der Waals surface area contributed by atoms with Crippen LogP contribution in [0.1, 0.15) is 23.2 Å². The molecular weight excluding hydrogens is 224 g/mol. The first-order valence-electron chi connectivity index (χ1n) is 5.76. The third kappa shape index (κ3) is 2.83. The van der Waals surface area contributed by atoms with Gasteiger partial charge in [-0.2, -0.15) is 0 Å². The Morgan fingerprint density at radius 1 is 1.06 bits per heavy atom.